The molecule has 1 amide bonds. The van der Waals surface area contributed by atoms with Crippen molar-refractivity contribution < 1.29 is 13.2 Å². The maximum atomic E-state index is 12.4. The molecule has 1 aliphatic heterocycles. The van der Waals surface area contributed by atoms with Crippen LogP contribution in [0.3, 0.4) is 0 Å². The Morgan fingerprint density at radius 2 is 2.09 bits per heavy atom. The highest BCUT2D eigenvalue weighted by Crippen LogP contribution is 2.31. The SMILES string of the molecule is CC(=O)N1CCc2cc(S(=O)(=O)NCC3(N)CCC3)ccc21.Cl. The smallest absolute Gasteiger partial charge is 0.240 e. The van der Waals surface area contributed by atoms with Crippen molar-refractivity contribution in [2.24, 2.45) is 5.73 Å². The van der Waals surface area contributed by atoms with Gasteiger partial charge in [0.05, 0.1) is 4.90 Å². The number of sulfonamides is 1. The summed E-state index contributed by atoms with van der Waals surface area (Å²) in [6.45, 7) is 2.39. The molecule has 0 spiro atoms. The van der Waals surface area contributed by atoms with Gasteiger partial charge in [-0.25, -0.2) is 13.1 Å². The molecule has 8 heteroatoms. The largest absolute Gasteiger partial charge is 0.324 e. The van der Waals surface area contributed by atoms with Gasteiger partial charge in [0.25, 0.3) is 0 Å². The highest BCUT2D eigenvalue weighted by molar-refractivity contribution is 7.89. The first kappa shape index (κ1) is 18.2. The standard InChI is InChI=1S/C15H21N3O3S.ClH/c1-11(19)18-8-5-12-9-13(3-4-14(12)18)22(20,21)17-10-15(16)6-2-7-15;/h3-4,9,17H,2,5-8,10,16H2,1H3;1H. The zero-order valence-electron chi connectivity index (χ0n) is 13.0. The van der Waals surface area contributed by atoms with Crippen LogP contribution in [0, 0.1) is 0 Å². The molecule has 0 aromatic heterocycles. The van der Waals surface area contributed by atoms with Crippen LogP contribution in [-0.4, -0.2) is 33.0 Å². The highest BCUT2D eigenvalue weighted by atomic mass is 35.5. The van der Waals surface area contributed by atoms with E-state index in [9.17, 15) is 13.2 Å². The first-order valence-corrected chi connectivity index (χ1v) is 8.99. The number of nitrogens with two attached hydrogens (primary N) is 1. The van der Waals surface area contributed by atoms with Crippen LogP contribution < -0.4 is 15.4 Å². The quantitative estimate of drug-likeness (QED) is 0.844. The summed E-state index contributed by atoms with van der Waals surface area (Å²) in [6, 6.07) is 4.91. The molecule has 1 saturated carbocycles. The Morgan fingerprint density at radius 3 is 2.65 bits per heavy atom. The van der Waals surface area contributed by atoms with E-state index in [4.69, 9.17) is 5.73 Å². The van der Waals surface area contributed by atoms with Gasteiger partial charge in [0, 0.05) is 31.2 Å². The van der Waals surface area contributed by atoms with E-state index >= 15 is 0 Å². The summed E-state index contributed by atoms with van der Waals surface area (Å²) in [5.74, 6) is -0.0254. The second-order valence-corrected chi connectivity index (χ2v) is 8.02. The third-order valence-corrected chi connectivity index (χ3v) is 6.00. The van der Waals surface area contributed by atoms with Gasteiger partial charge < -0.3 is 10.6 Å². The van der Waals surface area contributed by atoms with Crippen LogP contribution in [0.2, 0.25) is 0 Å². The van der Waals surface area contributed by atoms with Crippen LogP contribution in [0.1, 0.15) is 31.7 Å². The van der Waals surface area contributed by atoms with Crippen molar-refractivity contribution in [3.63, 3.8) is 0 Å². The van der Waals surface area contributed by atoms with Gasteiger partial charge in [0.1, 0.15) is 0 Å². The first-order chi connectivity index (χ1) is 10.3. The summed E-state index contributed by atoms with van der Waals surface area (Å²) in [5, 5.41) is 0. The molecule has 3 N–H and O–H groups in total. The lowest BCUT2D eigenvalue weighted by atomic mass is 9.78. The summed E-state index contributed by atoms with van der Waals surface area (Å²) in [4.78, 5) is 13.4. The van der Waals surface area contributed by atoms with E-state index in [1.165, 1.54) is 6.92 Å². The van der Waals surface area contributed by atoms with E-state index in [0.29, 0.717) is 13.0 Å². The average Bonchev–Trinajstić information content (AvgIpc) is 2.86. The molecule has 1 fully saturated rings. The fraction of sp³-hybridized carbons (Fsp3) is 0.533. The highest BCUT2D eigenvalue weighted by Gasteiger charge is 2.34. The van der Waals surface area contributed by atoms with Gasteiger partial charge in [-0.1, -0.05) is 0 Å². The van der Waals surface area contributed by atoms with E-state index in [0.717, 1.165) is 30.5 Å². The van der Waals surface area contributed by atoms with Crippen LogP contribution in [0.15, 0.2) is 23.1 Å². The van der Waals surface area contributed by atoms with Gasteiger partial charge in [-0.2, -0.15) is 0 Å². The number of hydrogen-bond donors (Lipinski definition) is 2. The van der Waals surface area contributed by atoms with Crippen molar-refractivity contribution in [2.75, 3.05) is 18.0 Å². The molecule has 1 aliphatic carbocycles. The van der Waals surface area contributed by atoms with Gasteiger partial charge in [-0.15, -0.1) is 12.4 Å². The molecule has 128 valence electrons. The Morgan fingerprint density at radius 1 is 1.39 bits per heavy atom. The molecule has 23 heavy (non-hydrogen) atoms. The second-order valence-electron chi connectivity index (χ2n) is 6.25. The molecule has 1 aromatic rings. The van der Waals surface area contributed by atoms with E-state index in [-0.39, 0.29) is 29.8 Å². The third-order valence-electron chi connectivity index (χ3n) is 4.60. The van der Waals surface area contributed by atoms with Crippen molar-refractivity contribution in [1.82, 2.24) is 4.72 Å². The van der Waals surface area contributed by atoms with Gasteiger partial charge >= 0.3 is 0 Å². The maximum absolute atomic E-state index is 12.4. The number of nitrogens with one attached hydrogen (secondary N) is 1. The molecular weight excluding hydrogens is 338 g/mol. The molecular formula is C15H22ClN3O3S. The van der Waals surface area contributed by atoms with Crippen molar-refractivity contribution in [1.29, 1.82) is 0 Å². The zero-order chi connectivity index (χ0) is 16.0. The van der Waals surface area contributed by atoms with Crippen LogP contribution >= 0.6 is 12.4 Å². The Labute approximate surface area is 142 Å². The normalized spacial score (nSPS) is 18.8. The molecule has 0 saturated heterocycles. The lowest BCUT2D eigenvalue weighted by Crippen LogP contribution is -2.54. The van der Waals surface area contributed by atoms with Crippen molar-refractivity contribution in [2.45, 2.75) is 43.0 Å². The predicted molar refractivity (Wildman–Crippen MR) is 91.4 cm³/mol. The topological polar surface area (TPSA) is 92.5 Å². The van der Waals surface area contributed by atoms with E-state index in [1.807, 2.05) is 0 Å². The number of hydrogen-bond acceptors (Lipinski definition) is 4. The van der Waals surface area contributed by atoms with Gasteiger partial charge in [-0.05, 0) is 49.4 Å². The lowest BCUT2D eigenvalue weighted by Gasteiger charge is -2.38. The third kappa shape index (κ3) is 3.52. The number of benzene rings is 1. The van der Waals surface area contributed by atoms with Crippen molar-refractivity contribution in [3.8, 4) is 0 Å². The molecule has 2 aliphatic rings. The Kier molecular flexibility index (Phi) is 5.06. The monoisotopic (exact) mass is 359 g/mol. The summed E-state index contributed by atoms with van der Waals surface area (Å²) in [5.41, 5.74) is 7.36. The maximum Gasteiger partial charge on any atom is 0.240 e. The summed E-state index contributed by atoms with van der Waals surface area (Å²) >= 11 is 0. The summed E-state index contributed by atoms with van der Waals surface area (Å²) in [7, 11) is -3.56. The van der Waals surface area contributed by atoms with Crippen molar-refractivity contribution in [3.05, 3.63) is 23.8 Å². The van der Waals surface area contributed by atoms with Crippen LogP contribution in [0.4, 0.5) is 5.69 Å². The fourth-order valence-corrected chi connectivity index (χ4v) is 4.19. The van der Waals surface area contributed by atoms with Gasteiger partial charge in [0.2, 0.25) is 15.9 Å². The fourth-order valence-electron chi connectivity index (χ4n) is 3.00. The second kappa shape index (κ2) is 6.39. The number of halogens is 1. The predicted octanol–water partition coefficient (Wildman–Crippen LogP) is 1.18. The van der Waals surface area contributed by atoms with Gasteiger partial charge in [0.15, 0.2) is 0 Å². The molecule has 0 radical (unpaired) electrons. The molecule has 0 unspecified atom stereocenters. The molecule has 6 nitrogen and oxygen atoms in total. The Hall–Kier alpha value is -1.15. The number of anilines is 1. The Balaban J connectivity index is 0.00000192. The number of carbonyl (C=O) groups excluding carboxylic acids is 1. The molecule has 0 bridgehead atoms. The van der Waals surface area contributed by atoms with Crippen LogP contribution in [0.25, 0.3) is 0 Å². The molecule has 1 aromatic carbocycles. The number of amides is 1. The minimum Gasteiger partial charge on any atom is -0.324 e. The van der Waals surface area contributed by atoms with Crippen LogP contribution in [-0.2, 0) is 21.2 Å². The Bertz CT molecular complexity index is 717. The van der Waals surface area contributed by atoms with Gasteiger partial charge in [-0.3, -0.25) is 4.79 Å². The summed E-state index contributed by atoms with van der Waals surface area (Å²) in [6.07, 6.45) is 3.44. The number of carbonyl (C=O) groups is 1. The molecule has 0 atom stereocenters. The number of fused-ring (bicyclic) bond motifs is 1. The molecule has 1 heterocycles. The average molecular weight is 360 g/mol. The summed E-state index contributed by atoms with van der Waals surface area (Å²) < 4.78 is 27.4. The molecule has 3 rings (SSSR count). The van der Waals surface area contributed by atoms with E-state index in [2.05, 4.69) is 4.72 Å². The number of nitrogens with zero attached hydrogens (tertiary/aromatic N) is 1. The lowest BCUT2D eigenvalue weighted by molar-refractivity contribution is -0.116. The van der Waals surface area contributed by atoms with E-state index in [1.54, 1.807) is 23.1 Å². The minimum absolute atomic E-state index is 0. The van der Waals surface area contributed by atoms with E-state index < -0.39 is 15.6 Å². The van der Waals surface area contributed by atoms with Crippen molar-refractivity contribution >= 4 is 34.0 Å². The first-order valence-electron chi connectivity index (χ1n) is 7.50. The zero-order valence-corrected chi connectivity index (χ0v) is 14.7. The number of rotatable bonds is 4. The van der Waals surface area contributed by atoms with Crippen LogP contribution in [0.5, 0.6) is 0 Å². The minimum atomic E-state index is -3.56.